The molecule has 0 aromatic carbocycles. The van der Waals surface area contributed by atoms with Crippen LogP contribution < -0.4 is 0 Å². The Morgan fingerprint density at radius 2 is 1.94 bits per heavy atom. The molecule has 0 radical (unpaired) electrons. The summed E-state index contributed by atoms with van der Waals surface area (Å²) < 4.78 is 0. The van der Waals surface area contributed by atoms with Gasteiger partial charge in [0.1, 0.15) is 0 Å². The molecule has 1 saturated heterocycles. The Morgan fingerprint density at radius 3 is 2.50 bits per heavy atom. The van der Waals surface area contributed by atoms with E-state index >= 15 is 0 Å². The molecule has 0 spiro atoms. The van der Waals surface area contributed by atoms with Gasteiger partial charge in [-0.3, -0.25) is 14.5 Å². The molecule has 0 aromatic heterocycles. The van der Waals surface area contributed by atoms with Gasteiger partial charge in [0.25, 0.3) is 0 Å². The van der Waals surface area contributed by atoms with Crippen LogP contribution in [0.15, 0.2) is 0 Å². The highest BCUT2D eigenvalue weighted by molar-refractivity contribution is 8.00. The second kappa shape index (κ2) is 7.95. The zero-order valence-electron chi connectivity index (χ0n) is 10.2. The molecule has 6 nitrogen and oxygen atoms in total. The minimum Gasteiger partial charge on any atom is -0.481 e. The van der Waals surface area contributed by atoms with Crippen molar-refractivity contribution in [3.05, 3.63) is 0 Å². The van der Waals surface area contributed by atoms with Crippen LogP contribution in [0.25, 0.3) is 0 Å². The van der Waals surface area contributed by atoms with Crippen molar-refractivity contribution in [2.75, 3.05) is 44.2 Å². The maximum absolute atomic E-state index is 11.7. The van der Waals surface area contributed by atoms with E-state index in [4.69, 9.17) is 10.4 Å². The van der Waals surface area contributed by atoms with Crippen LogP contribution in [0, 0.1) is 11.3 Å². The molecule has 1 aliphatic rings. The Kier molecular flexibility index (Phi) is 6.54. The van der Waals surface area contributed by atoms with E-state index in [1.54, 1.807) is 4.90 Å². The van der Waals surface area contributed by atoms with Gasteiger partial charge < -0.3 is 10.0 Å². The van der Waals surface area contributed by atoms with Crippen LogP contribution in [0.1, 0.15) is 6.42 Å². The average molecular weight is 271 g/mol. The van der Waals surface area contributed by atoms with Gasteiger partial charge >= 0.3 is 5.97 Å². The predicted molar refractivity (Wildman–Crippen MR) is 68.2 cm³/mol. The quantitative estimate of drug-likeness (QED) is 0.677. The van der Waals surface area contributed by atoms with Crippen molar-refractivity contribution in [1.29, 1.82) is 5.26 Å². The van der Waals surface area contributed by atoms with Gasteiger partial charge in [-0.15, -0.1) is 11.8 Å². The first-order valence-corrected chi connectivity index (χ1v) is 6.95. The highest BCUT2D eigenvalue weighted by atomic mass is 32.2. The van der Waals surface area contributed by atoms with Crippen molar-refractivity contribution in [3.63, 3.8) is 0 Å². The normalized spacial score (nSPS) is 16.3. The van der Waals surface area contributed by atoms with Crippen molar-refractivity contribution >= 4 is 23.6 Å². The molecule has 100 valence electrons. The molecule has 1 aliphatic heterocycles. The van der Waals surface area contributed by atoms with Gasteiger partial charge in [-0.05, 0) is 0 Å². The number of thioether (sulfide) groups is 1. The highest BCUT2D eigenvalue weighted by Crippen LogP contribution is 2.06. The van der Waals surface area contributed by atoms with E-state index < -0.39 is 5.97 Å². The van der Waals surface area contributed by atoms with Gasteiger partial charge in [0, 0.05) is 32.7 Å². The third-order valence-electron chi connectivity index (χ3n) is 2.76. The van der Waals surface area contributed by atoms with Gasteiger partial charge in [-0.1, -0.05) is 0 Å². The predicted octanol–water partition coefficient (Wildman–Crippen LogP) is -0.138. The standard InChI is InChI=1S/C11H17N3O3S/c12-2-8-18-9-10(15)14-6-4-13(5-7-14)3-1-11(16)17/h1,3-9H2,(H,16,17). The molecule has 18 heavy (non-hydrogen) atoms. The van der Waals surface area contributed by atoms with Crippen molar-refractivity contribution < 1.29 is 14.7 Å². The summed E-state index contributed by atoms with van der Waals surface area (Å²) in [5.74, 6) is -0.0398. The molecule has 1 heterocycles. The monoisotopic (exact) mass is 271 g/mol. The third-order valence-corrected chi connectivity index (χ3v) is 3.54. The van der Waals surface area contributed by atoms with Crippen LogP contribution in [-0.4, -0.2) is 71.0 Å². The van der Waals surface area contributed by atoms with E-state index in [1.165, 1.54) is 11.8 Å². The first kappa shape index (κ1) is 14.8. The van der Waals surface area contributed by atoms with Gasteiger partial charge in [-0.25, -0.2) is 0 Å². The largest absolute Gasteiger partial charge is 0.481 e. The topological polar surface area (TPSA) is 84.6 Å². The van der Waals surface area contributed by atoms with Crippen molar-refractivity contribution in [2.45, 2.75) is 6.42 Å². The molecule has 0 saturated carbocycles. The van der Waals surface area contributed by atoms with Crippen LogP contribution >= 0.6 is 11.8 Å². The maximum Gasteiger partial charge on any atom is 0.304 e. The van der Waals surface area contributed by atoms with E-state index in [2.05, 4.69) is 4.90 Å². The number of nitriles is 1. The van der Waals surface area contributed by atoms with Crippen molar-refractivity contribution in [3.8, 4) is 6.07 Å². The SMILES string of the molecule is N#CCSCC(=O)N1CCN(CCC(=O)O)CC1. The number of carbonyl (C=O) groups is 2. The van der Waals surface area contributed by atoms with Crippen molar-refractivity contribution in [2.24, 2.45) is 0 Å². The molecule has 1 N–H and O–H groups in total. The zero-order valence-corrected chi connectivity index (χ0v) is 11.0. The smallest absolute Gasteiger partial charge is 0.304 e. The van der Waals surface area contributed by atoms with Crippen LogP contribution in [-0.2, 0) is 9.59 Å². The number of carbonyl (C=O) groups excluding carboxylic acids is 1. The molecule has 1 fully saturated rings. The van der Waals surface area contributed by atoms with E-state index in [1.807, 2.05) is 6.07 Å². The fourth-order valence-electron chi connectivity index (χ4n) is 1.75. The Hall–Kier alpha value is -1.26. The molecule has 0 atom stereocenters. The number of nitrogens with zero attached hydrogens (tertiary/aromatic N) is 3. The Balaban J connectivity index is 2.20. The van der Waals surface area contributed by atoms with Gasteiger partial charge in [0.2, 0.25) is 5.91 Å². The lowest BCUT2D eigenvalue weighted by molar-refractivity contribution is -0.138. The van der Waals surface area contributed by atoms with Crippen LogP contribution in [0.2, 0.25) is 0 Å². The lowest BCUT2D eigenvalue weighted by Gasteiger charge is -2.34. The fraction of sp³-hybridized carbons (Fsp3) is 0.727. The van der Waals surface area contributed by atoms with Crippen LogP contribution in [0.5, 0.6) is 0 Å². The highest BCUT2D eigenvalue weighted by Gasteiger charge is 2.20. The number of aliphatic carboxylic acids is 1. The number of carboxylic acid groups (broad SMARTS) is 1. The van der Waals surface area contributed by atoms with Crippen LogP contribution in [0.4, 0.5) is 0 Å². The van der Waals surface area contributed by atoms with Gasteiger partial charge in [0.05, 0.1) is 24.0 Å². The molecular formula is C11H17N3O3S. The van der Waals surface area contributed by atoms with E-state index in [9.17, 15) is 9.59 Å². The van der Waals surface area contributed by atoms with Crippen molar-refractivity contribution in [1.82, 2.24) is 9.80 Å². The summed E-state index contributed by atoms with van der Waals surface area (Å²) in [5.41, 5.74) is 0. The van der Waals surface area contributed by atoms with Gasteiger partial charge in [0.15, 0.2) is 0 Å². The summed E-state index contributed by atoms with van der Waals surface area (Å²) in [4.78, 5) is 26.0. The summed E-state index contributed by atoms with van der Waals surface area (Å²) in [6.45, 7) is 3.28. The summed E-state index contributed by atoms with van der Waals surface area (Å²) in [6.07, 6.45) is 0.145. The van der Waals surface area contributed by atoms with Crippen LogP contribution in [0.3, 0.4) is 0 Å². The molecular weight excluding hydrogens is 254 g/mol. The zero-order chi connectivity index (χ0) is 13.4. The molecule has 1 amide bonds. The number of hydrogen-bond donors (Lipinski definition) is 1. The van der Waals surface area contributed by atoms with E-state index in [-0.39, 0.29) is 12.3 Å². The Labute approximate surface area is 111 Å². The lowest BCUT2D eigenvalue weighted by Crippen LogP contribution is -2.49. The van der Waals surface area contributed by atoms with Gasteiger partial charge in [-0.2, -0.15) is 5.26 Å². The summed E-state index contributed by atoms with van der Waals surface area (Å²) in [6, 6.07) is 1.99. The number of carboxylic acids is 1. The minimum absolute atomic E-state index is 0.0631. The first-order chi connectivity index (χ1) is 8.63. The maximum atomic E-state index is 11.7. The molecule has 0 aromatic rings. The van der Waals surface area contributed by atoms with E-state index in [0.29, 0.717) is 31.1 Å². The number of amides is 1. The second-order valence-electron chi connectivity index (χ2n) is 4.02. The number of piperazine rings is 1. The average Bonchev–Trinajstić information content (AvgIpc) is 2.37. The summed E-state index contributed by atoms with van der Waals surface area (Å²) in [5, 5.41) is 17.0. The summed E-state index contributed by atoms with van der Waals surface area (Å²) in [7, 11) is 0. The minimum atomic E-state index is -0.790. The number of hydrogen-bond acceptors (Lipinski definition) is 5. The molecule has 0 aliphatic carbocycles. The molecule has 0 bridgehead atoms. The number of rotatable bonds is 6. The fourth-order valence-corrected chi connectivity index (χ4v) is 2.30. The summed E-state index contributed by atoms with van der Waals surface area (Å²) >= 11 is 1.33. The Morgan fingerprint density at radius 1 is 1.28 bits per heavy atom. The van der Waals surface area contributed by atoms with E-state index in [0.717, 1.165) is 13.1 Å². The first-order valence-electron chi connectivity index (χ1n) is 5.80. The molecule has 7 heteroatoms. The molecule has 0 unspecified atom stereocenters. The third kappa shape index (κ3) is 5.38. The Bertz CT molecular complexity index is 335. The second-order valence-corrected chi connectivity index (χ2v) is 5.00. The molecule has 1 rings (SSSR count). The lowest BCUT2D eigenvalue weighted by atomic mass is 10.3.